The first kappa shape index (κ1) is 13.7. The normalized spacial score (nSPS) is 16.2. The molecule has 1 aromatic carbocycles. The van der Waals surface area contributed by atoms with E-state index >= 15 is 0 Å². The molecule has 0 saturated heterocycles. The Morgan fingerprint density at radius 3 is 2.80 bits per heavy atom. The molecule has 20 heavy (non-hydrogen) atoms. The SMILES string of the molecule is CC(c1ccccc1)c1nnc(CCCNC2CC2)s1. The maximum atomic E-state index is 4.37. The van der Waals surface area contributed by atoms with Crippen LogP contribution < -0.4 is 5.32 Å². The Labute approximate surface area is 124 Å². The zero-order chi connectivity index (χ0) is 13.8. The molecule has 106 valence electrons. The van der Waals surface area contributed by atoms with Crippen molar-refractivity contribution in [1.82, 2.24) is 15.5 Å². The van der Waals surface area contributed by atoms with Crippen LogP contribution in [0.4, 0.5) is 0 Å². The maximum absolute atomic E-state index is 4.37. The van der Waals surface area contributed by atoms with Crippen LogP contribution in [-0.2, 0) is 6.42 Å². The summed E-state index contributed by atoms with van der Waals surface area (Å²) in [5.41, 5.74) is 1.31. The molecule has 0 bridgehead atoms. The minimum absolute atomic E-state index is 0.340. The molecule has 1 atom stereocenters. The second-order valence-electron chi connectivity index (χ2n) is 5.50. The molecular formula is C16H21N3S. The summed E-state index contributed by atoms with van der Waals surface area (Å²) in [7, 11) is 0. The van der Waals surface area contributed by atoms with Crippen LogP contribution in [0, 0.1) is 0 Å². The van der Waals surface area contributed by atoms with Gasteiger partial charge in [-0.05, 0) is 31.4 Å². The van der Waals surface area contributed by atoms with Crippen LogP contribution >= 0.6 is 11.3 Å². The van der Waals surface area contributed by atoms with Crippen molar-refractivity contribution < 1.29 is 0 Å². The molecule has 1 saturated carbocycles. The molecule has 0 spiro atoms. The number of aromatic nitrogens is 2. The van der Waals surface area contributed by atoms with Crippen LogP contribution in [0.3, 0.4) is 0 Å². The first-order chi connectivity index (χ1) is 9.83. The van der Waals surface area contributed by atoms with Gasteiger partial charge in [-0.3, -0.25) is 0 Å². The van der Waals surface area contributed by atoms with Gasteiger partial charge in [0.2, 0.25) is 0 Å². The van der Waals surface area contributed by atoms with Crippen molar-refractivity contribution in [2.45, 2.75) is 44.6 Å². The monoisotopic (exact) mass is 287 g/mol. The molecule has 0 amide bonds. The molecule has 1 fully saturated rings. The van der Waals surface area contributed by atoms with Crippen LogP contribution in [0.5, 0.6) is 0 Å². The van der Waals surface area contributed by atoms with E-state index in [0.717, 1.165) is 30.4 Å². The van der Waals surface area contributed by atoms with E-state index in [9.17, 15) is 0 Å². The lowest BCUT2D eigenvalue weighted by atomic mass is 10.0. The van der Waals surface area contributed by atoms with Crippen LogP contribution in [0.1, 0.15) is 47.7 Å². The van der Waals surface area contributed by atoms with E-state index in [1.54, 1.807) is 11.3 Å². The van der Waals surface area contributed by atoms with Crippen molar-refractivity contribution in [1.29, 1.82) is 0 Å². The summed E-state index contributed by atoms with van der Waals surface area (Å²) < 4.78 is 0. The molecule has 1 N–H and O–H groups in total. The van der Waals surface area contributed by atoms with E-state index in [-0.39, 0.29) is 0 Å². The lowest BCUT2D eigenvalue weighted by Gasteiger charge is -2.06. The number of hydrogen-bond acceptors (Lipinski definition) is 4. The number of hydrogen-bond donors (Lipinski definition) is 1. The van der Waals surface area contributed by atoms with Gasteiger partial charge in [-0.2, -0.15) is 0 Å². The highest BCUT2D eigenvalue weighted by Gasteiger charge is 2.19. The number of nitrogens with one attached hydrogen (secondary N) is 1. The van der Waals surface area contributed by atoms with Gasteiger partial charge >= 0.3 is 0 Å². The van der Waals surface area contributed by atoms with Crippen molar-refractivity contribution in [2.75, 3.05) is 6.54 Å². The molecule has 1 aliphatic carbocycles. The van der Waals surface area contributed by atoms with Gasteiger partial charge in [0, 0.05) is 18.4 Å². The molecule has 3 rings (SSSR count). The van der Waals surface area contributed by atoms with Gasteiger partial charge in [-0.1, -0.05) is 37.3 Å². The summed E-state index contributed by atoms with van der Waals surface area (Å²) >= 11 is 1.76. The maximum Gasteiger partial charge on any atom is 0.124 e. The molecular weight excluding hydrogens is 266 g/mol. The fraction of sp³-hybridized carbons (Fsp3) is 0.500. The molecule has 1 heterocycles. The van der Waals surface area contributed by atoms with E-state index in [1.165, 1.54) is 23.4 Å². The lowest BCUT2D eigenvalue weighted by Crippen LogP contribution is -2.17. The van der Waals surface area contributed by atoms with Crippen molar-refractivity contribution in [3.8, 4) is 0 Å². The average Bonchev–Trinajstić information content (AvgIpc) is 3.20. The molecule has 1 aromatic heterocycles. The Morgan fingerprint density at radius 1 is 1.25 bits per heavy atom. The summed E-state index contributed by atoms with van der Waals surface area (Å²) in [6, 6.07) is 11.3. The number of rotatable bonds is 7. The van der Waals surface area contributed by atoms with E-state index in [0.29, 0.717) is 5.92 Å². The summed E-state index contributed by atoms with van der Waals surface area (Å²) in [5.74, 6) is 0.340. The quantitative estimate of drug-likeness (QED) is 0.793. The first-order valence-electron chi connectivity index (χ1n) is 7.43. The van der Waals surface area contributed by atoms with E-state index in [4.69, 9.17) is 0 Å². The van der Waals surface area contributed by atoms with Gasteiger partial charge < -0.3 is 5.32 Å². The molecule has 0 aliphatic heterocycles. The van der Waals surface area contributed by atoms with Crippen molar-refractivity contribution in [3.05, 3.63) is 45.9 Å². The summed E-state index contributed by atoms with van der Waals surface area (Å²) in [5, 5.41) is 14.5. The van der Waals surface area contributed by atoms with Gasteiger partial charge in [0.05, 0.1) is 0 Å². The largest absolute Gasteiger partial charge is 0.314 e. The van der Waals surface area contributed by atoms with Gasteiger partial charge in [-0.25, -0.2) is 0 Å². The van der Waals surface area contributed by atoms with E-state index in [2.05, 4.69) is 52.8 Å². The molecule has 3 nitrogen and oxygen atoms in total. The predicted molar refractivity (Wildman–Crippen MR) is 83.2 cm³/mol. The smallest absolute Gasteiger partial charge is 0.124 e. The van der Waals surface area contributed by atoms with Gasteiger partial charge in [-0.15, -0.1) is 21.5 Å². The number of benzene rings is 1. The first-order valence-corrected chi connectivity index (χ1v) is 8.25. The van der Waals surface area contributed by atoms with Crippen LogP contribution in [0.25, 0.3) is 0 Å². The molecule has 0 radical (unpaired) electrons. The van der Waals surface area contributed by atoms with E-state index < -0.39 is 0 Å². The van der Waals surface area contributed by atoms with Crippen molar-refractivity contribution >= 4 is 11.3 Å². The van der Waals surface area contributed by atoms with Crippen LogP contribution in [0.2, 0.25) is 0 Å². The zero-order valence-corrected chi connectivity index (χ0v) is 12.7. The standard InChI is InChI=1S/C16H21N3S/c1-12(13-6-3-2-4-7-13)16-19-18-15(20-16)8-5-11-17-14-9-10-14/h2-4,6-7,12,14,17H,5,8-11H2,1H3. The van der Waals surface area contributed by atoms with E-state index in [1.807, 2.05) is 0 Å². The minimum atomic E-state index is 0.340. The Hall–Kier alpha value is -1.26. The number of aryl methyl sites for hydroxylation is 1. The highest BCUT2D eigenvalue weighted by Crippen LogP contribution is 2.26. The van der Waals surface area contributed by atoms with Crippen LogP contribution in [-0.4, -0.2) is 22.8 Å². The average molecular weight is 287 g/mol. The zero-order valence-electron chi connectivity index (χ0n) is 11.9. The fourth-order valence-corrected chi connectivity index (χ4v) is 3.22. The fourth-order valence-electron chi connectivity index (χ4n) is 2.26. The van der Waals surface area contributed by atoms with Gasteiger partial charge in [0.1, 0.15) is 10.0 Å². The molecule has 1 aliphatic rings. The third kappa shape index (κ3) is 3.64. The Morgan fingerprint density at radius 2 is 2.05 bits per heavy atom. The highest BCUT2D eigenvalue weighted by atomic mass is 32.1. The molecule has 1 unspecified atom stereocenters. The van der Waals surface area contributed by atoms with Crippen LogP contribution in [0.15, 0.2) is 30.3 Å². The summed E-state index contributed by atoms with van der Waals surface area (Å²) in [6.45, 7) is 3.31. The summed E-state index contributed by atoms with van der Waals surface area (Å²) in [4.78, 5) is 0. The van der Waals surface area contributed by atoms with Crippen molar-refractivity contribution in [2.24, 2.45) is 0 Å². The highest BCUT2D eigenvalue weighted by molar-refractivity contribution is 7.11. The Kier molecular flexibility index (Phi) is 4.43. The second-order valence-corrected chi connectivity index (χ2v) is 6.59. The third-order valence-electron chi connectivity index (χ3n) is 3.73. The lowest BCUT2D eigenvalue weighted by molar-refractivity contribution is 0.642. The third-order valence-corrected chi connectivity index (χ3v) is 4.90. The molecule has 2 aromatic rings. The van der Waals surface area contributed by atoms with Gasteiger partial charge in [0.25, 0.3) is 0 Å². The Balaban J connectivity index is 1.52. The summed E-state index contributed by atoms with van der Waals surface area (Å²) in [6.07, 6.45) is 4.92. The van der Waals surface area contributed by atoms with Crippen molar-refractivity contribution in [3.63, 3.8) is 0 Å². The van der Waals surface area contributed by atoms with Gasteiger partial charge in [0.15, 0.2) is 0 Å². The minimum Gasteiger partial charge on any atom is -0.314 e. The predicted octanol–water partition coefficient (Wildman–Crippen LogP) is 3.37. The number of nitrogens with zero attached hydrogens (tertiary/aromatic N) is 2. The topological polar surface area (TPSA) is 37.8 Å². The second kappa shape index (κ2) is 6.46. The molecule has 4 heteroatoms. The Bertz CT molecular complexity index is 534.